The zero-order chi connectivity index (χ0) is 15.7. The molecule has 1 unspecified atom stereocenters. The van der Waals surface area contributed by atoms with Gasteiger partial charge in [0.15, 0.2) is 0 Å². The molecule has 1 aliphatic heterocycles. The van der Waals surface area contributed by atoms with Crippen LogP contribution in [0.15, 0.2) is 58.1 Å². The highest BCUT2D eigenvalue weighted by Gasteiger charge is 2.35. The predicted octanol–water partition coefficient (Wildman–Crippen LogP) is 3.10. The fourth-order valence-corrected chi connectivity index (χ4v) is 3.15. The molecule has 2 N–H and O–H groups in total. The smallest absolute Gasteiger partial charge is 0.119 e. The summed E-state index contributed by atoms with van der Waals surface area (Å²) < 4.78 is 0. The van der Waals surface area contributed by atoms with E-state index in [2.05, 4.69) is 29.8 Å². The molecule has 0 spiro atoms. The maximum absolute atomic E-state index is 9.50. The minimum Gasteiger partial charge on any atom is -0.386 e. The van der Waals surface area contributed by atoms with Gasteiger partial charge >= 0.3 is 0 Å². The first-order valence-corrected chi connectivity index (χ1v) is 7.16. The summed E-state index contributed by atoms with van der Waals surface area (Å²) in [7, 11) is 0. The average molecular weight is 304 g/mol. The van der Waals surface area contributed by atoms with E-state index < -0.39 is 11.8 Å². The molecule has 1 heterocycles. The lowest BCUT2D eigenvalue weighted by Gasteiger charge is -2.26. The number of nitrogens with two attached hydrogens (primary N) is 1. The third-order valence-corrected chi connectivity index (χ3v) is 4.20. The zero-order valence-corrected chi connectivity index (χ0v) is 12.5. The summed E-state index contributed by atoms with van der Waals surface area (Å²) in [6, 6.07) is 18.0. The second-order valence-electron chi connectivity index (χ2n) is 5.04. The first-order valence-electron chi connectivity index (χ1n) is 6.72. The van der Waals surface area contributed by atoms with Gasteiger partial charge in [0.25, 0.3) is 0 Å². The largest absolute Gasteiger partial charge is 0.386 e. The van der Waals surface area contributed by atoms with Crippen LogP contribution in [0.2, 0.25) is 0 Å². The Morgan fingerprint density at radius 1 is 1.09 bits per heavy atom. The van der Waals surface area contributed by atoms with Crippen LogP contribution in [0.1, 0.15) is 11.5 Å². The maximum atomic E-state index is 9.50. The Labute approximate surface area is 133 Å². The van der Waals surface area contributed by atoms with Crippen LogP contribution in [0, 0.1) is 28.6 Å². The van der Waals surface area contributed by atoms with Crippen molar-refractivity contribution in [2.24, 2.45) is 16.6 Å². The molecule has 2 atom stereocenters. The highest BCUT2D eigenvalue weighted by Crippen LogP contribution is 2.40. The summed E-state index contributed by atoms with van der Waals surface area (Å²) in [5.74, 6) is -0.924. The summed E-state index contributed by atoms with van der Waals surface area (Å²) in [5.41, 5.74) is 7.17. The van der Waals surface area contributed by atoms with Crippen molar-refractivity contribution >= 4 is 29.2 Å². The molecule has 4 nitrogen and oxygen atoms in total. The average Bonchev–Trinajstić information content (AvgIpc) is 2.54. The number of aliphatic imine (C=N–C) groups is 1. The highest BCUT2D eigenvalue weighted by molar-refractivity contribution is 7.84. The van der Waals surface area contributed by atoms with E-state index in [-0.39, 0.29) is 10.9 Å². The van der Waals surface area contributed by atoms with Crippen molar-refractivity contribution < 1.29 is 0 Å². The molecule has 0 radical (unpaired) electrons. The Morgan fingerprint density at radius 2 is 1.82 bits per heavy atom. The van der Waals surface area contributed by atoms with Crippen LogP contribution in [0.5, 0.6) is 0 Å². The van der Waals surface area contributed by atoms with Crippen molar-refractivity contribution in [1.82, 2.24) is 0 Å². The van der Waals surface area contributed by atoms with Crippen LogP contribution < -0.4 is 5.73 Å². The van der Waals surface area contributed by atoms with Crippen molar-refractivity contribution in [1.29, 1.82) is 10.5 Å². The zero-order valence-electron chi connectivity index (χ0n) is 11.6. The van der Waals surface area contributed by atoms with Gasteiger partial charge < -0.3 is 5.73 Å². The summed E-state index contributed by atoms with van der Waals surface area (Å²) in [6.45, 7) is 0. The molecular formula is C17H12N4S. The van der Waals surface area contributed by atoms with Crippen LogP contribution in [0.3, 0.4) is 0 Å². The molecule has 0 saturated heterocycles. The van der Waals surface area contributed by atoms with Gasteiger partial charge in [0.05, 0.1) is 17.7 Å². The number of fused-ring (bicyclic) bond motifs is 1. The summed E-state index contributed by atoms with van der Waals surface area (Å²) >= 11 is 4.26. The third kappa shape index (κ3) is 2.13. The molecular weight excluding hydrogens is 292 g/mol. The Morgan fingerprint density at radius 3 is 2.55 bits per heavy atom. The van der Waals surface area contributed by atoms with Crippen LogP contribution in [-0.2, 0) is 0 Å². The first kappa shape index (κ1) is 14.2. The lowest BCUT2D eigenvalue weighted by Crippen LogP contribution is -2.32. The second-order valence-corrected chi connectivity index (χ2v) is 5.46. The Bertz CT molecular complexity index is 894. The number of rotatable bonds is 1. The van der Waals surface area contributed by atoms with Crippen LogP contribution in [-0.4, -0.2) is 5.84 Å². The standard InChI is InChI=1S/C17H12N4S/c18-8-13-15(14(9-19)17(22)21-16(13)20)12-7-3-5-10-4-1-2-6-11(10)12/h1-7,13,15,22H,(H2,20,21)/t13?,15-/m0/s1. The van der Waals surface area contributed by atoms with Gasteiger partial charge in [0, 0.05) is 5.92 Å². The molecule has 0 fully saturated rings. The summed E-state index contributed by atoms with van der Waals surface area (Å²) in [5, 5.41) is 21.3. The van der Waals surface area contributed by atoms with Gasteiger partial charge in [-0.15, -0.1) is 12.6 Å². The molecule has 1 aliphatic rings. The van der Waals surface area contributed by atoms with Crippen molar-refractivity contribution in [3.8, 4) is 12.1 Å². The molecule has 2 aromatic rings. The molecule has 5 heteroatoms. The quantitative estimate of drug-likeness (QED) is 0.794. The van der Waals surface area contributed by atoms with E-state index in [0.29, 0.717) is 5.57 Å². The number of hydrogen-bond donors (Lipinski definition) is 2. The van der Waals surface area contributed by atoms with Gasteiger partial charge in [-0.3, -0.25) is 0 Å². The van der Waals surface area contributed by atoms with Gasteiger partial charge in [-0.2, -0.15) is 10.5 Å². The number of allylic oxidation sites excluding steroid dienone is 1. The fourth-order valence-electron chi connectivity index (χ4n) is 2.85. The van der Waals surface area contributed by atoms with E-state index in [1.165, 1.54) is 0 Å². The first-order chi connectivity index (χ1) is 10.7. The Balaban J connectivity index is 2.30. The second kappa shape index (κ2) is 5.55. The monoisotopic (exact) mass is 304 g/mol. The van der Waals surface area contributed by atoms with Crippen molar-refractivity contribution in [2.75, 3.05) is 0 Å². The molecule has 0 bridgehead atoms. The number of nitrogens with zero attached hydrogens (tertiary/aromatic N) is 3. The summed E-state index contributed by atoms with van der Waals surface area (Å²) in [4.78, 5) is 4.04. The molecule has 22 heavy (non-hydrogen) atoms. The number of amidine groups is 1. The van der Waals surface area contributed by atoms with Crippen LogP contribution >= 0.6 is 12.6 Å². The van der Waals surface area contributed by atoms with Gasteiger partial charge in [0.2, 0.25) is 0 Å². The molecule has 2 aromatic carbocycles. The van der Waals surface area contributed by atoms with Crippen molar-refractivity contribution in [3.05, 3.63) is 58.6 Å². The SMILES string of the molecule is N#CC1=C(S)N=C(N)C(C#N)[C@@H]1c1cccc2ccccc12. The maximum Gasteiger partial charge on any atom is 0.119 e. The Hall–Kier alpha value is -2.76. The van der Waals surface area contributed by atoms with Gasteiger partial charge in [-0.25, -0.2) is 4.99 Å². The molecule has 3 rings (SSSR count). The lowest BCUT2D eigenvalue weighted by atomic mass is 9.78. The molecule has 0 aliphatic carbocycles. The van der Waals surface area contributed by atoms with Gasteiger partial charge in [-0.1, -0.05) is 42.5 Å². The topological polar surface area (TPSA) is 86.0 Å². The minimum atomic E-state index is -0.670. The fraction of sp³-hybridized carbons (Fsp3) is 0.118. The van der Waals surface area contributed by atoms with Crippen molar-refractivity contribution in [3.63, 3.8) is 0 Å². The predicted molar refractivity (Wildman–Crippen MR) is 89.0 cm³/mol. The Kier molecular flexibility index (Phi) is 3.58. The van der Waals surface area contributed by atoms with E-state index >= 15 is 0 Å². The van der Waals surface area contributed by atoms with Crippen LogP contribution in [0.25, 0.3) is 10.8 Å². The lowest BCUT2D eigenvalue weighted by molar-refractivity contribution is 0.714. The van der Waals surface area contributed by atoms with E-state index in [1.54, 1.807) is 0 Å². The highest BCUT2D eigenvalue weighted by atomic mass is 32.1. The van der Waals surface area contributed by atoms with E-state index in [1.807, 2.05) is 42.5 Å². The van der Waals surface area contributed by atoms with Gasteiger partial charge in [-0.05, 0) is 16.3 Å². The molecule has 0 amide bonds. The van der Waals surface area contributed by atoms with Crippen molar-refractivity contribution in [2.45, 2.75) is 5.92 Å². The number of thiol groups is 1. The molecule has 106 valence electrons. The van der Waals surface area contributed by atoms with Crippen LogP contribution in [0.4, 0.5) is 0 Å². The molecule has 0 saturated carbocycles. The number of benzene rings is 2. The van der Waals surface area contributed by atoms with Gasteiger partial charge in [0.1, 0.15) is 16.8 Å². The van der Waals surface area contributed by atoms with E-state index in [9.17, 15) is 10.5 Å². The number of hydrogen-bond acceptors (Lipinski definition) is 5. The third-order valence-electron chi connectivity index (χ3n) is 3.86. The normalized spacial score (nSPS) is 21.1. The van der Waals surface area contributed by atoms with E-state index in [4.69, 9.17) is 5.73 Å². The molecule has 0 aromatic heterocycles. The van der Waals surface area contributed by atoms with E-state index in [0.717, 1.165) is 16.3 Å². The summed E-state index contributed by atoms with van der Waals surface area (Å²) in [6.07, 6.45) is 0. The number of nitriles is 2. The minimum absolute atomic E-state index is 0.199.